The predicted molar refractivity (Wildman–Crippen MR) is 81.8 cm³/mol. The highest BCUT2D eigenvalue weighted by Gasteiger charge is 2.46. The summed E-state index contributed by atoms with van der Waals surface area (Å²) >= 11 is 0. The van der Waals surface area contributed by atoms with Crippen LogP contribution in [0, 0.1) is 0 Å². The third kappa shape index (κ3) is 3.59. The summed E-state index contributed by atoms with van der Waals surface area (Å²) in [6, 6.07) is 0. The number of nitrogens with two attached hydrogens (primary N) is 1. The molecule has 22 heavy (non-hydrogen) atoms. The summed E-state index contributed by atoms with van der Waals surface area (Å²) in [4.78, 5) is 33.9. The lowest BCUT2D eigenvalue weighted by Crippen LogP contribution is -2.56. The van der Waals surface area contributed by atoms with Crippen LogP contribution < -0.4 is 11.1 Å². The van der Waals surface area contributed by atoms with E-state index in [0.717, 1.165) is 37.9 Å². The molecule has 1 aliphatic rings. The first-order chi connectivity index (χ1) is 10.6. The number of nitrogens with zero attached hydrogens (tertiary/aromatic N) is 3. The van der Waals surface area contributed by atoms with Gasteiger partial charge in [-0.3, -0.25) is 24.5 Å². The van der Waals surface area contributed by atoms with Crippen molar-refractivity contribution < 1.29 is 9.59 Å². The van der Waals surface area contributed by atoms with Gasteiger partial charge in [0.2, 0.25) is 11.8 Å². The summed E-state index contributed by atoms with van der Waals surface area (Å²) < 4.78 is 0. The van der Waals surface area contributed by atoms with E-state index in [2.05, 4.69) is 15.3 Å². The molecular weight excluding hydrogens is 282 g/mol. The van der Waals surface area contributed by atoms with Crippen LogP contribution in [-0.2, 0) is 16.0 Å². The fourth-order valence-corrected chi connectivity index (χ4v) is 3.26. The predicted octanol–water partition coefficient (Wildman–Crippen LogP) is -0.135. The maximum Gasteiger partial charge on any atom is 0.240 e. The number of likely N-dealkylation sites (N-methyl/N-ethyl adjacent to an activating group) is 1. The Morgan fingerprint density at radius 1 is 1.45 bits per heavy atom. The maximum absolute atomic E-state index is 12.4. The molecule has 2 heterocycles. The van der Waals surface area contributed by atoms with Crippen LogP contribution in [0.5, 0.6) is 0 Å². The van der Waals surface area contributed by atoms with E-state index in [1.807, 2.05) is 4.90 Å². The van der Waals surface area contributed by atoms with Gasteiger partial charge in [0.15, 0.2) is 0 Å². The summed E-state index contributed by atoms with van der Waals surface area (Å²) in [6.45, 7) is 0.847. The monoisotopic (exact) mass is 305 g/mol. The van der Waals surface area contributed by atoms with Gasteiger partial charge in [0, 0.05) is 25.6 Å². The zero-order valence-corrected chi connectivity index (χ0v) is 12.9. The number of aromatic nitrogens is 2. The number of carbonyl (C=O) groups excluding carboxylic acids is 2. The Kier molecular flexibility index (Phi) is 5.43. The van der Waals surface area contributed by atoms with Crippen LogP contribution >= 0.6 is 0 Å². The molecule has 1 saturated heterocycles. The SMILES string of the molecule is CNC(=O)C1(CCCc2cnccn2)CCCN1CC(N)=O. The van der Waals surface area contributed by atoms with Gasteiger partial charge < -0.3 is 11.1 Å². The molecule has 120 valence electrons. The minimum atomic E-state index is -0.633. The van der Waals surface area contributed by atoms with Gasteiger partial charge in [0.05, 0.1) is 12.2 Å². The number of carbonyl (C=O) groups is 2. The third-order valence-electron chi connectivity index (χ3n) is 4.26. The first-order valence-corrected chi connectivity index (χ1v) is 7.59. The van der Waals surface area contributed by atoms with Crippen molar-refractivity contribution in [1.29, 1.82) is 0 Å². The molecule has 1 atom stereocenters. The molecule has 0 radical (unpaired) electrons. The summed E-state index contributed by atoms with van der Waals surface area (Å²) in [5.74, 6) is -0.436. The highest BCUT2D eigenvalue weighted by Crippen LogP contribution is 2.34. The van der Waals surface area contributed by atoms with Gasteiger partial charge in [0.1, 0.15) is 5.54 Å². The van der Waals surface area contributed by atoms with E-state index in [1.54, 1.807) is 25.6 Å². The van der Waals surface area contributed by atoms with Gasteiger partial charge in [-0.1, -0.05) is 0 Å². The van der Waals surface area contributed by atoms with Crippen molar-refractivity contribution in [2.75, 3.05) is 20.1 Å². The average Bonchev–Trinajstić information content (AvgIpc) is 2.90. The lowest BCUT2D eigenvalue weighted by atomic mass is 9.88. The number of likely N-dealkylation sites (tertiary alicyclic amines) is 1. The fraction of sp³-hybridized carbons (Fsp3) is 0.600. The Hall–Kier alpha value is -2.02. The van der Waals surface area contributed by atoms with E-state index in [4.69, 9.17) is 5.73 Å². The van der Waals surface area contributed by atoms with Crippen molar-refractivity contribution in [3.05, 3.63) is 24.3 Å². The molecule has 1 fully saturated rings. The number of hydrogen-bond acceptors (Lipinski definition) is 5. The van der Waals surface area contributed by atoms with Gasteiger partial charge in [-0.2, -0.15) is 0 Å². The molecule has 3 N–H and O–H groups in total. The summed E-state index contributed by atoms with van der Waals surface area (Å²) in [5, 5.41) is 2.74. The van der Waals surface area contributed by atoms with Crippen LogP contribution in [0.1, 0.15) is 31.4 Å². The van der Waals surface area contributed by atoms with Gasteiger partial charge >= 0.3 is 0 Å². The number of aryl methyl sites for hydroxylation is 1. The lowest BCUT2D eigenvalue weighted by molar-refractivity contribution is -0.133. The minimum Gasteiger partial charge on any atom is -0.369 e. The van der Waals surface area contributed by atoms with Gasteiger partial charge in [-0.25, -0.2) is 0 Å². The minimum absolute atomic E-state index is 0.0367. The lowest BCUT2D eigenvalue weighted by Gasteiger charge is -2.36. The standard InChI is InChI=1S/C15H23N5O2/c1-17-14(22)15(6-3-9-20(15)11-13(16)21)5-2-4-12-10-18-7-8-19-12/h7-8,10H,2-6,9,11H2,1H3,(H2,16,21)(H,17,22). The highest BCUT2D eigenvalue weighted by atomic mass is 16.2. The van der Waals surface area contributed by atoms with E-state index in [0.29, 0.717) is 6.42 Å². The van der Waals surface area contributed by atoms with Crippen molar-refractivity contribution in [2.24, 2.45) is 5.73 Å². The summed E-state index contributed by atoms with van der Waals surface area (Å²) in [6.07, 6.45) is 8.93. The van der Waals surface area contributed by atoms with Crippen molar-refractivity contribution in [1.82, 2.24) is 20.2 Å². The van der Waals surface area contributed by atoms with Gasteiger partial charge in [0.25, 0.3) is 0 Å². The number of amides is 2. The molecule has 1 aromatic heterocycles. The molecule has 2 rings (SSSR count). The average molecular weight is 305 g/mol. The largest absolute Gasteiger partial charge is 0.369 e. The number of primary amides is 1. The number of hydrogen-bond donors (Lipinski definition) is 2. The van der Waals surface area contributed by atoms with E-state index >= 15 is 0 Å². The molecule has 0 saturated carbocycles. The second-order valence-corrected chi connectivity index (χ2v) is 5.65. The Morgan fingerprint density at radius 3 is 2.91 bits per heavy atom. The molecule has 7 nitrogen and oxygen atoms in total. The molecule has 0 bridgehead atoms. The van der Waals surface area contributed by atoms with E-state index in [9.17, 15) is 9.59 Å². The maximum atomic E-state index is 12.4. The molecule has 2 amide bonds. The molecule has 0 aliphatic carbocycles. The van der Waals surface area contributed by atoms with Crippen molar-refractivity contribution in [3.63, 3.8) is 0 Å². The van der Waals surface area contributed by atoms with E-state index in [1.165, 1.54) is 0 Å². The third-order valence-corrected chi connectivity index (χ3v) is 4.26. The highest BCUT2D eigenvalue weighted by molar-refractivity contribution is 5.87. The second kappa shape index (κ2) is 7.31. The Balaban J connectivity index is 2.05. The van der Waals surface area contributed by atoms with Crippen molar-refractivity contribution in [2.45, 2.75) is 37.6 Å². The van der Waals surface area contributed by atoms with Crippen molar-refractivity contribution in [3.8, 4) is 0 Å². The quantitative estimate of drug-likeness (QED) is 0.730. The molecule has 1 unspecified atom stereocenters. The van der Waals surface area contributed by atoms with Gasteiger partial charge in [-0.15, -0.1) is 0 Å². The van der Waals surface area contributed by atoms with Crippen molar-refractivity contribution >= 4 is 11.8 Å². The first kappa shape index (κ1) is 16.4. The Bertz CT molecular complexity index is 522. The van der Waals surface area contributed by atoms with Crippen LogP contribution in [0.25, 0.3) is 0 Å². The topological polar surface area (TPSA) is 101 Å². The molecule has 1 aromatic rings. The Labute approximate surface area is 130 Å². The molecule has 0 spiro atoms. The molecule has 1 aliphatic heterocycles. The van der Waals surface area contributed by atoms with E-state index < -0.39 is 11.4 Å². The normalized spacial score (nSPS) is 21.7. The van der Waals surface area contributed by atoms with Crippen LogP contribution in [0.2, 0.25) is 0 Å². The Morgan fingerprint density at radius 2 is 2.27 bits per heavy atom. The van der Waals surface area contributed by atoms with Gasteiger partial charge in [-0.05, 0) is 38.6 Å². The number of nitrogens with one attached hydrogen (secondary N) is 1. The summed E-state index contributed by atoms with van der Waals surface area (Å²) in [5.41, 5.74) is 5.60. The van der Waals surface area contributed by atoms with Crippen LogP contribution in [0.3, 0.4) is 0 Å². The smallest absolute Gasteiger partial charge is 0.240 e. The van der Waals surface area contributed by atoms with Crippen LogP contribution in [0.15, 0.2) is 18.6 Å². The molecule has 0 aromatic carbocycles. The summed E-state index contributed by atoms with van der Waals surface area (Å²) in [7, 11) is 1.63. The fourth-order valence-electron chi connectivity index (χ4n) is 3.26. The second-order valence-electron chi connectivity index (χ2n) is 5.65. The first-order valence-electron chi connectivity index (χ1n) is 7.59. The van der Waals surface area contributed by atoms with Crippen LogP contribution in [-0.4, -0.2) is 52.4 Å². The zero-order chi connectivity index (χ0) is 16.0. The van der Waals surface area contributed by atoms with E-state index in [-0.39, 0.29) is 12.5 Å². The number of rotatable bonds is 7. The molecular formula is C15H23N5O2. The molecule has 7 heteroatoms. The zero-order valence-electron chi connectivity index (χ0n) is 12.9. The van der Waals surface area contributed by atoms with Crippen LogP contribution in [0.4, 0.5) is 0 Å².